The molecule has 0 aromatic rings. The quantitative estimate of drug-likeness (QED) is 0.375. The number of carbonyl (C=O) groups excluding carboxylic acids is 1. The van der Waals surface area contributed by atoms with Gasteiger partial charge in [-0.15, -0.1) is 0 Å². The van der Waals surface area contributed by atoms with Crippen LogP contribution in [0.4, 0.5) is 0 Å². The molecule has 110 valence electrons. The lowest BCUT2D eigenvalue weighted by Crippen LogP contribution is -2.51. The van der Waals surface area contributed by atoms with E-state index in [0.29, 0.717) is 0 Å². The maximum absolute atomic E-state index is 11.6. The van der Waals surface area contributed by atoms with Crippen molar-refractivity contribution in [3.63, 3.8) is 0 Å². The van der Waals surface area contributed by atoms with E-state index in [9.17, 15) is 19.5 Å². The van der Waals surface area contributed by atoms with E-state index in [-0.39, 0.29) is 6.42 Å². The lowest BCUT2D eigenvalue weighted by molar-refractivity contribution is -0.147. The minimum absolute atomic E-state index is 0.289. The van der Waals surface area contributed by atoms with Crippen molar-refractivity contribution in [2.75, 3.05) is 6.61 Å². The highest BCUT2D eigenvalue weighted by atomic mass is 16.4. The van der Waals surface area contributed by atoms with Crippen molar-refractivity contribution in [3.05, 3.63) is 0 Å². The van der Waals surface area contributed by atoms with Crippen LogP contribution in [0.5, 0.6) is 0 Å². The third kappa shape index (κ3) is 5.66. The number of carboxylic acid groups (broad SMARTS) is 2. The molecule has 0 heterocycles. The molecule has 0 unspecified atom stereocenters. The van der Waals surface area contributed by atoms with Gasteiger partial charge in [-0.05, 0) is 6.42 Å². The molecule has 0 aliphatic carbocycles. The third-order valence-corrected chi connectivity index (χ3v) is 2.66. The molecule has 19 heavy (non-hydrogen) atoms. The van der Waals surface area contributed by atoms with Crippen molar-refractivity contribution in [3.8, 4) is 0 Å². The first kappa shape index (κ1) is 17.3. The first-order valence-corrected chi connectivity index (χ1v) is 5.65. The molecule has 0 saturated heterocycles. The van der Waals surface area contributed by atoms with Gasteiger partial charge in [-0.2, -0.15) is 0 Å². The molecule has 8 nitrogen and oxygen atoms in total. The number of rotatable bonds is 8. The molecule has 0 fully saturated rings. The van der Waals surface area contributed by atoms with E-state index < -0.39 is 48.4 Å². The van der Waals surface area contributed by atoms with Crippen molar-refractivity contribution in [2.24, 2.45) is 5.41 Å². The molecule has 0 rings (SSSR count). The second-order valence-corrected chi connectivity index (χ2v) is 4.88. The highest BCUT2D eigenvalue weighted by Crippen LogP contribution is 2.19. The zero-order chi connectivity index (χ0) is 15.2. The summed E-state index contributed by atoms with van der Waals surface area (Å²) in [5.41, 5.74) is -1.13. The third-order valence-electron chi connectivity index (χ3n) is 2.66. The fourth-order valence-electron chi connectivity index (χ4n) is 1.22. The molecule has 0 aromatic heterocycles. The molecule has 1 amide bonds. The van der Waals surface area contributed by atoms with E-state index >= 15 is 0 Å². The Morgan fingerprint density at radius 1 is 1.21 bits per heavy atom. The summed E-state index contributed by atoms with van der Waals surface area (Å²) in [5.74, 6) is -3.53. The summed E-state index contributed by atoms with van der Waals surface area (Å²) in [7, 11) is 0. The van der Waals surface area contributed by atoms with Gasteiger partial charge < -0.3 is 25.7 Å². The molecule has 5 N–H and O–H groups in total. The second-order valence-electron chi connectivity index (χ2n) is 4.88. The van der Waals surface area contributed by atoms with Crippen LogP contribution in [-0.4, -0.2) is 57.0 Å². The van der Waals surface area contributed by atoms with Crippen LogP contribution in [0.2, 0.25) is 0 Å². The molecule has 0 spiro atoms. The van der Waals surface area contributed by atoms with Crippen LogP contribution >= 0.6 is 0 Å². The normalized spacial score (nSPS) is 14.5. The number of aliphatic carboxylic acids is 2. The summed E-state index contributed by atoms with van der Waals surface area (Å²) in [6.07, 6.45) is -2.30. The molecule has 0 radical (unpaired) electrons. The van der Waals surface area contributed by atoms with E-state index in [1.54, 1.807) is 0 Å². The topological polar surface area (TPSA) is 144 Å². The van der Waals surface area contributed by atoms with Gasteiger partial charge in [0, 0.05) is 11.8 Å². The molecule has 0 bridgehead atoms. The van der Waals surface area contributed by atoms with Gasteiger partial charge in [0.2, 0.25) is 5.91 Å². The number of carbonyl (C=O) groups is 3. The molecular weight excluding hydrogens is 258 g/mol. The van der Waals surface area contributed by atoms with Gasteiger partial charge in [0.1, 0.15) is 12.1 Å². The Balaban J connectivity index is 4.64. The van der Waals surface area contributed by atoms with Crippen LogP contribution in [0.1, 0.15) is 26.7 Å². The average Bonchev–Trinajstić information content (AvgIpc) is 2.32. The Morgan fingerprint density at radius 2 is 1.74 bits per heavy atom. The molecule has 0 aliphatic heterocycles. The predicted molar refractivity (Wildman–Crippen MR) is 63.3 cm³/mol. The SMILES string of the molecule is CC(C)(CO)[C@H](O)C(=O)N[C@@H](CCC(=O)O)C(=O)O. The van der Waals surface area contributed by atoms with Crippen LogP contribution < -0.4 is 5.32 Å². The second kappa shape index (κ2) is 7.05. The highest BCUT2D eigenvalue weighted by molar-refractivity contribution is 5.86. The lowest BCUT2D eigenvalue weighted by atomic mass is 9.87. The minimum atomic E-state index is -1.59. The molecule has 0 aliphatic rings. The van der Waals surface area contributed by atoms with Crippen molar-refractivity contribution >= 4 is 17.8 Å². The van der Waals surface area contributed by atoms with Crippen LogP contribution in [0.3, 0.4) is 0 Å². The van der Waals surface area contributed by atoms with Gasteiger partial charge in [0.25, 0.3) is 0 Å². The Labute approximate surface area is 110 Å². The molecule has 2 atom stereocenters. The van der Waals surface area contributed by atoms with Crippen LogP contribution in [-0.2, 0) is 14.4 Å². The summed E-state index contributed by atoms with van der Waals surface area (Å²) >= 11 is 0. The maximum atomic E-state index is 11.6. The van der Waals surface area contributed by atoms with Crippen molar-refractivity contribution in [1.82, 2.24) is 5.32 Å². The molecule has 0 aromatic carbocycles. The standard InChI is InChI=1S/C11H19NO7/c1-11(2,5-13)8(16)9(17)12-6(10(18)19)3-4-7(14)15/h6,8,13,16H,3-5H2,1-2H3,(H,12,17)(H,14,15)(H,18,19)/t6-,8+/m0/s1. The van der Waals surface area contributed by atoms with Crippen molar-refractivity contribution in [2.45, 2.75) is 38.8 Å². The summed E-state index contributed by atoms with van der Waals surface area (Å²) in [6.45, 7) is 2.41. The maximum Gasteiger partial charge on any atom is 0.326 e. The van der Waals surface area contributed by atoms with Crippen LogP contribution in [0, 0.1) is 5.41 Å². The van der Waals surface area contributed by atoms with Gasteiger partial charge in [-0.1, -0.05) is 13.8 Å². The molecule has 0 saturated carbocycles. The van der Waals surface area contributed by atoms with Crippen molar-refractivity contribution < 1.29 is 34.8 Å². The predicted octanol–water partition coefficient (Wildman–Crippen LogP) is -1.20. The highest BCUT2D eigenvalue weighted by Gasteiger charge is 2.35. The summed E-state index contributed by atoms with van der Waals surface area (Å²) in [6, 6.07) is -1.40. The number of aliphatic hydroxyl groups excluding tert-OH is 2. The van der Waals surface area contributed by atoms with E-state index in [2.05, 4.69) is 0 Å². The Bertz CT molecular complexity index is 353. The zero-order valence-electron chi connectivity index (χ0n) is 10.8. The van der Waals surface area contributed by atoms with Gasteiger partial charge in [0.15, 0.2) is 0 Å². The number of nitrogens with one attached hydrogen (secondary N) is 1. The number of carboxylic acids is 2. The molecule has 8 heteroatoms. The zero-order valence-corrected chi connectivity index (χ0v) is 10.8. The first-order valence-electron chi connectivity index (χ1n) is 5.65. The minimum Gasteiger partial charge on any atom is -0.481 e. The van der Waals surface area contributed by atoms with Crippen molar-refractivity contribution in [1.29, 1.82) is 0 Å². The van der Waals surface area contributed by atoms with E-state index in [4.69, 9.17) is 15.3 Å². The van der Waals surface area contributed by atoms with Gasteiger partial charge >= 0.3 is 11.9 Å². The summed E-state index contributed by atoms with van der Waals surface area (Å²) < 4.78 is 0. The fourth-order valence-corrected chi connectivity index (χ4v) is 1.22. The Hall–Kier alpha value is -1.67. The largest absolute Gasteiger partial charge is 0.481 e. The average molecular weight is 277 g/mol. The number of hydrogen-bond donors (Lipinski definition) is 5. The fraction of sp³-hybridized carbons (Fsp3) is 0.727. The van der Waals surface area contributed by atoms with E-state index in [1.165, 1.54) is 13.8 Å². The monoisotopic (exact) mass is 277 g/mol. The van der Waals surface area contributed by atoms with Gasteiger partial charge in [0.05, 0.1) is 6.61 Å². The lowest BCUT2D eigenvalue weighted by Gasteiger charge is -2.28. The van der Waals surface area contributed by atoms with Crippen LogP contribution in [0.15, 0.2) is 0 Å². The Kier molecular flexibility index (Phi) is 6.43. The van der Waals surface area contributed by atoms with Gasteiger partial charge in [-0.3, -0.25) is 9.59 Å². The van der Waals surface area contributed by atoms with Gasteiger partial charge in [-0.25, -0.2) is 4.79 Å². The smallest absolute Gasteiger partial charge is 0.326 e. The van der Waals surface area contributed by atoms with E-state index in [1.807, 2.05) is 5.32 Å². The first-order chi connectivity index (χ1) is 8.61. The van der Waals surface area contributed by atoms with Crippen LogP contribution in [0.25, 0.3) is 0 Å². The number of amides is 1. The molecular formula is C11H19NO7. The summed E-state index contributed by atoms with van der Waals surface area (Å²) in [5, 5.41) is 38.0. The number of hydrogen-bond acceptors (Lipinski definition) is 5. The Morgan fingerprint density at radius 3 is 2.11 bits per heavy atom. The summed E-state index contributed by atoms with van der Waals surface area (Å²) in [4.78, 5) is 32.8. The number of aliphatic hydroxyl groups is 2. The van der Waals surface area contributed by atoms with E-state index in [0.717, 1.165) is 0 Å².